The van der Waals surface area contributed by atoms with Crippen molar-refractivity contribution < 1.29 is 19.8 Å². The van der Waals surface area contributed by atoms with Crippen molar-refractivity contribution in [3.8, 4) is 0 Å². The molecular formula is C16H9ClN2O4S. The van der Waals surface area contributed by atoms with Gasteiger partial charge in [0.25, 0.3) is 0 Å². The van der Waals surface area contributed by atoms with Crippen molar-refractivity contribution in [3.63, 3.8) is 0 Å². The zero-order valence-corrected chi connectivity index (χ0v) is 13.5. The van der Waals surface area contributed by atoms with Gasteiger partial charge in [-0.3, -0.25) is 0 Å². The Balaban J connectivity index is 2.28. The van der Waals surface area contributed by atoms with E-state index in [1.54, 1.807) is 6.07 Å². The van der Waals surface area contributed by atoms with E-state index < -0.39 is 11.9 Å². The standard InChI is InChI=1S/C16H9ClN2O4S/c17-10-4-1-8(2-5-10)13(15(20)21)14(16(22)23)9-3-6-11-12(7-9)19-24-18-11/h1-7H,(H,20,21)(H,22,23)/b14-13-. The summed E-state index contributed by atoms with van der Waals surface area (Å²) in [5, 5.41) is 19.6. The maximum Gasteiger partial charge on any atom is 0.337 e. The summed E-state index contributed by atoms with van der Waals surface area (Å²) in [6.07, 6.45) is 0. The lowest BCUT2D eigenvalue weighted by Gasteiger charge is -2.10. The maximum atomic E-state index is 11.8. The predicted octanol–water partition coefficient (Wildman–Crippen LogP) is 3.42. The Morgan fingerprint density at radius 2 is 1.38 bits per heavy atom. The van der Waals surface area contributed by atoms with Crippen LogP contribution < -0.4 is 0 Å². The molecule has 3 aromatic rings. The minimum absolute atomic E-state index is 0.245. The second kappa shape index (κ2) is 6.38. The lowest BCUT2D eigenvalue weighted by molar-refractivity contribution is -0.132. The summed E-state index contributed by atoms with van der Waals surface area (Å²) < 4.78 is 8.11. The van der Waals surface area contributed by atoms with Gasteiger partial charge in [0.1, 0.15) is 11.0 Å². The number of carboxylic acids is 2. The number of benzene rings is 2. The topological polar surface area (TPSA) is 100 Å². The van der Waals surface area contributed by atoms with E-state index >= 15 is 0 Å². The Bertz CT molecular complexity index is 979. The van der Waals surface area contributed by atoms with Crippen molar-refractivity contribution in [2.75, 3.05) is 0 Å². The van der Waals surface area contributed by atoms with Crippen molar-refractivity contribution in [1.82, 2.24) is 8.75 Å². The van der Waals surface area contributed by atoms with Gasteiger partial charge in [-0.2, -0.15) is 8.75 Å². The van der Waals surface area contributed by atoms with Crippen molar-refractivity contribution in [2.45, 2.75) is 0 Å². The van der Waals surface area contributed by atoms with Gasteiger partial charge in [0.15, 0.2) is 0 Å². The summed E-state index contributed by atoms with van der Waals surface area (Å²) in [6, 6.07) is 10.6. The molecule has 0 bridgehead atoms. The van der Waals surface area contributed by atoms with Crippen LogP contribution in [0.25, 0.3) is 22.2 Å². The molecule has 0 amide bonds. The molecule has 120 valence electrons. The van der Waals surface area contributed by atoms with E-state index in [1.165, 1.54) is 36.4 Å². The molecule has 3 rings (SSSR count). The smallest absolute Gasteiger partial charge is 0.337 e. The summed E-state index contributed by atoms with van der Waals surface area (Å²) in [4.78, 5) is 23.5. The van der Waals surface area contributed by atoms with Crippen LogP contribution in [0.3, 0.4) is 0 Å². The first-order valence-corrected chi connectivity index (χ1v) is 7.77. The highest BCUT2D eigenvalue weighted by Gasteiger charge is 2.24. The molecule has 6 nitrogen and oxygen atoms in total. The number of carboxylic acid groups (broad SMARTS) is 2. The van der Waals surface area contributed by atoms with Gasteiger partial charge in [0.2, 0.25) is 0 Å². The van der Waals surface area contributed by atoms with Crippen LogP contribution >= 0.6 is 23.3 Å². The highest BCUT2D eigenvalue weighted by atomic mass is 35.5. The van der Waals surface area contributed by atoms with Gasteiger partial charge in [-0.15, -0.1) is 0 Å². The first-order chi connectivity index (χ1) is 11.5. The van der Waals surface area contributed by atoms with Gasteiger partial charge in [0.05, 0.1) is 22.9 Å². The molecule has 24 heavy (non-hydrogen) atoms. The van der Waals surface area contributed by atoms with Crippen molar-refractivity contribution >= 4 is 57.4 Å². The number of hydrogen-bond acceptors (Lipinski definition) is 5. The Labute approximate surface area is 145 Å². The first-order valence-electron chi connectivity index (χ1n) is 6.67. The summed E-state index contributed by atoms with van der Waals surface area (Å²) in [7, 11) is 0. The zero-order chi connectivity index (χ0) is 17.3. The van der Waals surface area contributed by atoms with Crippen LogP contribution in [-0.4, -0.2) is 30.9 Å². The molecule has 1 aromatic heterocycles. The molecule has 0 spiro atoms. The van der Waals surface area contributed by atoms with E-state index in [2.05, 4.69) is 8.75 Å². The monoisotopic (exact) mass is 360 g/mol. The molecule has 0 saturated carbocycles. The zero-order valence-electron chi connectivity index (χ0n) is 11.9. The van der Waals surface area contributed by atoms with Crippen LogP contribution in [0.1, 0.15) is 11.1 Å². The third-order valence-electron chi connectivity index (χ3n) is 3.35. The molecule has 0 aliphatic heterocycles. The second-order valence-corrected chi connectivity index (χ2v) is 5.80. The van der Waals surface area contributed by atoms with Crippen LogP contribution in [0.5, 0.6) is 0 Å². The fourth-order valence-corrected chi connectivity index (χ4v) is 2.95. The van der Waals surface area contributed by atoms with Crippen LogP contribution in [0.2, 0.25) is 5.02 Å². The highest BCUT2D eigenvalue weighted by Crippen LogP contribution is 2.29. The van der Waals surface area contributed by atoms with Gasteiger partial charge in [0, 0.05) is 5.02 Å². The summed E-state index contributed by atoms with van der Waals surface area (Å²) in [6.45, 7) is 0. The number of carbonyl (C=O) groups is 2. The molecule has 0 fully saturated rings. The molecule has 2 N–H and O–H groups in total. The van der Waals surface area contributed by atoms with Crippen LogP contribution in [0, 0.1) is 0 Å². The Hall–Kier alpha value is -2.77. The Kier molecular flexibility index (Phi) is 4.28. The number of fused-ring (bicyclic) bond motifs is 1. The van der Waals surface area contributed by atoms with Crippen molar-refractivity contribution in [2.24, 2.45) is 0 Å². The number of halogens is 1. The Morgan fingerprint density at radius 3 is 2.00 bits per heavy atom. The van der Waals surface area contributed by atoms with Gasteiger partial charge >= 0.3 is 11.9 Å². The molecule has 8 heteroatoms. The molecule has 2 aromatic carbocycles. The summed E-state index contributed by atoms with van der Waals surface area (Å²) in [5.74, 6) is -2.68. The molecule has 0 saturated heterocycles. The quantitative estimate of drug-likeness (QED) is 0.546. The lowest BCUT2D eigenvalue weighted by Crippen LogP contribution is -2.10. The van der Waals surface area contributed by atoms with Crippen LogP contribution in [0.4, 0.5) is 0 Å². The fourth-order valence-electron chi connectivity index (χ4n) is 2.30. The van der Waals surface area contributed by atoms with Crippen molar-refractivity contribution in [1.29, 1.82) is 0 Å². The summed E-state index contributed by atoms with van der Waals surface area (Å²) in [5.41, 5.74) is 0.992. The highest BCUT2D eigenvalue weighted by molar-refractivity contribution is 7.00. The van der Waals surface area contributed by atoms with E-state index in [1.807, 2.05) is 0 Å². The summed E-state index contributed by atoms with van der Waals surface area (Å²) >= 11 is 6.81. The normalized spacial score (nSPS) is 12.0. The molecule has 0 aliphatic carbocycles. The number of aliphatic carboxylic acids is 2. The molecular weight excluding hydrogens is 352 g/mol. The molecule has 1 heterocycles. The number of hydrogen-bond donors (Lipinski definition) is 2. The number of rotatable bonds is 4. The van der Waals surface area contributed by atoms with Crippen LogP contribution in [0.15, 0.2) is 42.5 Å². The lowest BCUT2D eigenvalue weighted by atomic mass is 9.94. The van der Waals surface area contributed by atoms with E-state index in [0.717, 1.165) is 11.7 Å². The van der Waals surface area contributed by atoms with Crippen molar-refractivity contribution in [3.05, 3.63) is 58.6 Å². The minimum atomic E-state index is -1.34. The fraction of sp³-hybridized carbons (Fsp3) is 0. The SMILES string of the molecule is O=C(O)/C(=C(\C(=O)O)c1ccc2nsnc2c1)c1ccc(Cl)cc1. The Morgan fingerprint density at radius 1 is 0.833 bits per heavy atom. The first kappa shape index (κ1) is 16.1. The average molecular weight is 361 g/mol. The predicted molar refractivity (Wildman–Crippen MR) is 91.0 cm³/mol. The van der Waals surface area contributed by atoms with Crippen LogP contribution in [-0.2, 0) is 9.59 Å². The third kappa shape index (κ3) is 2.99. The minimum Gasteiger partial charge on any atom is -0.478 e. The molecule has 0 radical (unpaired) electrons. The van der Waals surface area contributed by atoms with E-state index in [4.69, 9.17) is 11.6 Å². The maximum absolute atomic E-state index is 11.8. The van der Waals surface area contributed by atoms with Gasteiger partial charge in [-0.25, -0.2) is 9.59 Å². The second-order valence-electron chi connectivity index (χ2n) is 4.83. The van der Waals surface area contributed by atoms with E-state index in [0.29, 0.717) is 16.1 Å². The van der Waals surface area contributed by atoms with Gasteiger partial charge < -0.3 is 10.2 Å². The largest absolute Gasteiger partial charge is 0.478 e. The average Bonchev–Trinajstić information content (AvgIpc) is 3.00. The van der Waals surface area contributed by atoms with E-state index in [-0.39, 0.29) is 22.3 Å². The van der Waals surface area contributed by atoms with Gasteiger partial charge in [-0.1, -0.05) is 29.8 Å². The molecule has 0 aliphatic rings. The van der Waals surface area contributed by atoms with Gasteiger partial charge in [-0.05, 0) is 35.4 Å². The van der Waals surface area contributed by atoms with E-state index in [9.17, 15) is 19.8 Å². The molecule has 0 atom stereocenters. The number of nitrogens with zero attached hydrogens (tertiary/aromatic N) is 2. The number of aromatic nitrogens is 2. The third-order valence-corrected chi connectivity index (χ3v) is 4.16. The molecule has 0 unspecified atom stereocenters.